The Morgan fingerprint density at radius 3 is 2.88 bits per heavy atom. The lowest BCUT2D eigenvalue weighted by atomic mass is 10.1. The van der Waals surface area contributed by atoms with Gasteiger partial charge in [0.15, 0.2) is 0 Å². The summed E-state index contributed by atoms with van der Waals surface area (Å²) in [6, 6.07) is 0.847. The molecule has 6 heteroatoms. The molecule has 0 unspecified atom stereocenters. The molecule has 0 bridgehead atoms. The number of carboxylic acids is 1. The summed E-state index contributed by atoms with van der Waals surface area (Å²) < 4.78 is 5.13. The Morgan fingerprint density at radius 2 is 2.38 bits per heavy atom. The van der Waals surface area contributed by atoms with E-state index in [1.807, 2.05) is 6.07 Å². The summed E-state index contributed by atoms with van der Waals surface area (Å²) in [5, 5.41) is 19.6. The predicted molar refractivity (Wildman–Crippen MR) is 53.4 cm³/mol. The van der Waals surface area contributed by atoms with Gasteiger partial charge in [-0.2, -0.15) is 5.26 Å². The Kier molecular flexibility index (Phi) is 4.73. The van der Waals surface area contributed by atoms with Crippen LogP contribution in [0.5, 0.6) is 0 Å². The van der Waals surface area contributed by atoms with E-state index in [9.17, 15) is 9.59 Å². The lowest BCUT2D eigenvalue weighted by Crippen LogP contribution is -2.45. The molecule has 16 heavy (non-hydrogen) atoms. The highest BCUT2D eigenvalue weighted by molar-refractivity contribution is 5.86. The van der Waals surface area contributed by atoms with E-state index in [1.54, 1.807) is 0 Å². The first kappa shape index (κ1) is 12.5. The molecular formula is C10H14N2O4. The van der Waals surface area contributed by atoms with Crippen LogP contribution in [-0.2, 0) is 14.3 Å². The van der Waals surface area contributed by atoms with Gasteiger partial charge in [0.1, 0.15) is 12.1 Å². The average molecular weight is 226 g/mol. The van der Waals surface area contributed by atoms with Crippen molar-refractivity contribution in [2.45, 2.75) is 37.8 Å². The van der Waals surface area contributed by atoms with Gasteiger partial charge in [0.05, 0.1) is 6.07 Å². The molecule has 2 N–H and O–H groups in total. The van der Waals surface area contributed by atoms with Crippen molar-refractivity contribution in [3.8, 4) is 6.07 Å². The quantitative estimate of drug-likeness (QED) is 0.689. The zero-order chi connectivity index (χ0) is 12.0. The van der Waals surface area contributed by atoms with E-state index in [2.05, 4.69) is 5.32 Å². The van der Waals surface area contributed by atoms with Crippen molar-refractivity contribution in [2.24, 2.45) is 0 Å². The van der Waals surface area contributed by atoms with Gasteiger partial charge >= 0.3 is 5.97 Å². The first-order valence-corrected chi connectivity index (χ1v) is 5.17. The summed E-state index contributed by atoms with van der Waals surface area (Å²) >= 11 is 0. The normalized spacial score (nSPS) is 21.1. The highest BCUT2D eigenvalue weighted by Crippen LogP contribution is 2.12. The number of nitrogens with zero attached hydrogens (tertiary/aromatic N) is 1. The van der Waals surface area contributed by atoms with Crippen LogP contribution in [0.2, 0.25) is 0 Å². The molecule has 88 valence electrons. The van der Waals surface area contributed by atoms with E-state index in [0.29, 0.717) is 13.0 Å². The highest BCUT2D eigenvalue weighted by Gasteiger charge is 2.27. The molecule has 0 saturated carbocycles. The van der Waals surface area contributed by atoms with E-state index >= 15 is 0 Å². The molecule has 0 aliphatic carbocycles. The minimum atomic E-state index is -1.12. The average Bonchev–Trinajstić information content (AvgIpc) is 2.76. The number of ether oxygens (including phenoxy) is 1. The van der Waals surface area contributed by atoms with Crippen LogP contribution in [0.25, 0.3) is 0 Å². The Bertz CT molecular complexity index is 304. The second-order valence-electron chi connectivity index (χ2n) is 3.60. The van der Waals surface area contributed by atoms with Gasteiger partial charge < -0.3 is 15.2 Å². The van der Waals surface area contributed by atoms with Gasteiger partial charge in [0.25, 0.3) is 0 Å². The Labute approximate surface area is 93.2 Å². The lowest BCUT2D eigenvalue weighted by Gasteiger charge is -2.15. The molecule has 0 aromatic rings. The molecule has 0 aromatic heterocycles. The molecule has 1 heterocycles. The summed E-state index contributed by atoms with van der Waals surface area (Å²) in [6.45, 7) is 0.536. The fourth-order valence-electron chi connectivity index (χ4n) is 1.52. The molecule has 1 saturated heterocycles. The van der Waals surface area contributed by atoms with Gasteiger partial charge in [-0.3, -0.25) is 4.79 Å². The zero-order valence-electron chi connectivity index (χ0n) is 8.81. The third kappa shape index (κ3) is 3.51. The van der Waals surface area contributed by atoms with E-state index in [-0.39, 0.29) is 12.8 Å². The molecule has 1 fully saturated rings. The Balaban J connectivity index is 2.44. The second kappa shape index (κ2) is 6.08. The van der Waals surface area contributed by atoms with Crippen LogP contribution >= 0.6 is 0 Å². The first-order valence-electron chi connectivity index (χ1n) is 5.17. The third-order valence-electron chi connectivity index (χ3n) is 2.38. The molecule has 1 aliphatic rings. The minimum absolute atomic E-state index is 0.1000. The van der Waals surface area contributed by atoms with Gasteiger partial charge in [-0.25, -0.2) is 4.79 Å². The van der Waals surface area contributed by atoms with Crippen molar-refractivity contribution < 1.29 is 19.4 Å². The number of amides is 1. The molecule has 1 aliphatic heterocycles. The van der Waals surface area contributed by atoms with Gasteiger partial charge in [-0.1, -0.05) is 0 Å². The van der Waals surface area contributed by atoms with Crippen molar-refractivity contribution in [3.05, 3.63) is 0 Å². The summed E-state index contributed by atoms with van der Waals surface area (Å²) in [5.74, 6) is -1.52. The Hall–Kier alpha value is -1.61. The fourth-order valence-corrected chi connectivity index (χ4v) is 1.52. The molecule has 2 atom stereocenters. The molecule has 1 rings (SSSR count). The van der Waals surface area contributed by atoms with Crippen LogP contribution < -0.4 is 5.32 Å². The van der Waals surface area contributed by atoms with E-state index < -0.39 is 24.0 Å². The molecule has 0 spiro atoms. The van der Waals surface area contributed by atoms with Crippen molar-refractivity contribution in [1.82, 2.24) is 5.32 Å². The summed E-state index contributed by atoms with van der Waals surface area (Å²) in [5.41, 5.74) is 0. The van der Waals surface area contributed by atoms with Gasteiger partial charge in [-0.15, -0.1) is 0 Å². The summed E-state index contributed by atoms with van der Waals surface area (Å²) in [6.07, 6.45) is 1.11. The van der Waals surface area contributed by atoms with E-state index in [4.69, 9.17) is 15.1 Å². The van der Waals surface area contributed by atoms with Gasteiger partial charge in [-0.05, 0) is 19.3 Å². The second-order valence-corrected chi connectivity index (χ2v) is 3.60. The molecule has 0 radical (unpaired) electrons. The third-order valence-corrected chi connectivity index (χ3v) is 2.38. The van der Waals surface area contributed by atoms with Crippen LogP contribution in [0.4, 0.5) is 0 Å². The maximum absolute atomic E-state index is 11.5. The van der Waals surface area contributed by atoms with Crippen LogP contribution in [-0.4, -0.2) is 35.7 Å². The number of rotatable bonds is 5. The standard InChI is InChI=1S/C10H14N2O4/c11-5-1-3-7(10(14)15)12-9(13)8-4-2-6-16-8/h7-8H,1-4,6H2,(H,12,13)(H,14,15)/t7-,8+/m1/s1. The largest absolute Gasteiger partial charge is 0.480 e. The zero-order valence-corrected chi connectivity index (χ0v) is 8.81. The van der Waals surface area contributed by atoms with Crippen molar-refractivity contribution in [2.75, 3.05) is 6.61 Å². The van der Waals surface area contributed by atoms with Crippen molar-refractivity contribution in [1.29, 1.82) is 5.26 Å². The monoisotopic (exact) mass is 226 g/mol. The molecule has 0 aromatic carbocycles. The first-order chi connectivity index (χ1) is 7.65. The number of carbonyl (C=O) groups excluding carboxylic acids is 1. The SMILES string of the molecule is N#CCC[C@@H](NC(=O)[C@@H]1CCCO1)C(=O)O. The number of carboxylic acid groups (broad SMARTS) is 1. The maximum atomic E-state index is 11.5. The smallest absolute Gasteiger partial charge is 0.326 e. The number of carbonyl (C=O) groups is 2. The summed E-state index contributed by atoms with van der Waals surface area (Å²) in [4.78, 5) is 22.3. The fraction of sp³-hybridized carbons (Fsp3) is 0.700. The molecular weight excluding hydrogens is 212 g/mol. The minimum Gasteiger partial charge on any atom is -0.480 e. The Morgan fingerprint density at radius 1 is 1.62 bits per heavy atom. The van der Waals surface area contributed by atoms with E-state index in [1.165, 1.54) is 0 Å². The topological polar surface area (TPSA) is 99.4 Å². The number of aliphatic carboxylic acids is 1. The summed E-state index contributed by atoms with van der Waals surface area (Å²) in [7, 11) is 0. The van der Waals surface area contributed by atoms with Crippen LogP contribution in [0.3, 0.4) is 0 Å². The van der Waals surface area contributed by atoms with Crippen LogP contribution in [0.15, 0.2) is 0 Å². The number of hydrogen-bond donors (Lipinski definition) is 2. The molecule has 6 nitrogen and oxygen atoms in total. The highest BCUT2D eigenvalue weighted by atomic mass is 16.5. The maximum Gasteiger partial charge on any atom is 0.326 e. The number of nitriles is 1. The van der Waals surface area contributed by atoms with Crippen LogP contribution in [0.1, 0.15) is 25.7 Å². The number of nitrogens with one attached hydrogen (secondary N) is 1. The molecule has 1 amide bonds. The van der Waals surface area contributed by atoms with Crippen molar-refractivity contribution >= 4 is 11.9 Å². The van der Waals surface area contributed by atoms with Gasteiger partial charge in [0, 0.05) is 13.0 Å². The van der Waals surface area contributed by atoms with Crippen molar-refractivity contribution in [3.63, 3.8) is 0 Å². The number of hydrogen-bond acceptors (Lipinski definition) is 4. The van der Waals surface area contributed by atoms with E-state index in [0.717, 1.165) is 6.42 Å². The predicted octanol–water partition coefficient (Wildman–Crippen LogP) is 0.0386. The van der Waals surface area contributed by atoms with Crippen LogP contribution in [0, 0.1) is 11.3 Å². The van der Waals surface area contributed by atoms with Gasteiger partial charge in [0.2, 0.25) is 5.91 Å². The lowest BCUT2D eigenvalue weighted by molar-refractivity contribution is -0.143.